The van der Waals surface area contributed by atoms with Gasteiger partial charge in [0.05, 0.1) is 18.8 Å². The van der Waals surface area contributed by atoms with Gasteiger partial charge in [-0.3, -0.25) is 4.90 Å². The van der Waals surface area contributed by atoms with Crippen LogP contribution in [-0.2, 0) is 11.3 Å². The van der Waals surface area contributed by atoms with Crippen molar-refractivity contribution in [2.75, 3.05) is 26.2 Å². The van der Waals surface area contributed by atoms with Crippen LogP contribution in [0.5, 0.6) is 0 Å². The first kappa shape index (κ1) is 21.6. The Hall–Kier alpha value is -0.730. The highest BCUT2D eigenvalue weighted by atomic mass is 35.5. The highest BCUT2D eigenvalue weighted by Gasteiger charge is 2.35. The fraction of sp³-hybridized carbons (Fsp3) is 0.684. The summed E-state index contributed by atoms with van der Waals surface area (Å²) in [4.78, 5) is 1.89. The minimum Gasteiger partial charge on any atom is -0.389 e. The fourth-order valence-electron chi connectivity index (χ4n) is 3.12. The van der Waals surface area contributed by atoms with Crippen molar-refractivity contribution in [3.05, 3.63) is 34.9 Å². The molecule has 26 heavy (non-hydrogen) atoms. The van der Waals surface area contributed by atoms with Crippen LogP contribution in [0.25, 0.3) is 0 Å². The normalized spacial score (nSPS) is 27.4. The number of benzene rings is 1. The number of aliphatic hydroxyl groups is 4. The predicted octanol–water partition coefficient (Wildman–Crippen LogP) is 1.18. The molecule has 148 valence electrons. The van der Waals surface area contributed by atoms with Crippen LogP contribution in [0.3, 0.4) is 0 Å². The van der Waals surface area contributed by atoms with E-state index in [1.807, 2.05) is 29.2 Å². The summed E-state index contributed by atoms with van der Waals surface area (Å²) >= 11 is 5.84. The maximum atomic E-state index is 9.84. The van der Waals surface area contributed by atoms with Crippen LogP contribution in [0.1, 0.15) is 31.2 Å². The highest BCUT2D eigenvalue weighted by Crippen LogP contribution is 2.15. The van der Waals surface area contributed by atoms with E-state index in [1.54, 1.807) is 0 Å². The lowest BCUT2D eigenvalue weighted by Gasteiger charge is -2.23. The summed E-state index contributed by atoms with van der Waals surface area (Å²) in [5.74, 6) is 0. The monoisotopic (exact) mass is 387 g/mol. The third-order valence-electron chi connectivity index (χ3n) is 4.72. The Morgan fingerprint density at radius 2 is 1.46 bits per heavy atom. The van der Waals surface area contributed by atoms with Crippen LogP contribution in [0, 0.1) is 0 Å². The molecule has 0 aromatic heterocycles. The number of ether oxygens (including phenoxy) is 1. The largest absolute Gasteiger partial charge is 0.389 e. The summed E-state index contributed by atoms with van der Waals surface area (Å²) in [6, 6.07) is 7.63. The van der Waals surface area contributed by atoms with Crippen molar-refractivity contribution < 1.29 is 25.2 Å². The quantitative estimate of drug-likeness (QED) is 0.475. The molecular weight excluding hydrogens is 358 g/mol. The van der Waals surface area contributed by atoms with Crippen LogP contribution in [0.15, 0.2) is 24.3 Å². The Labute approximate surface area is 160 Å². The van der Waals surface area contributed by atoms with Gasteiger partial charge in [0.2, 0.25) is 0 Å². The van der Waals surface area contributed by atoms with Gasteiger partial charge >= 0.3 is 0 Å². The Morgan fingerprint density at radius 1 is 0.885 bits per heavy atom. The van der Waals surface area contributed by atoms with Crippen LogP contribution in [0.4, 0.5) is 0 Å². The molecule has 4 atom stereocenters. The van der Waals surface area contributed by atoms with Gasteiger partial charge in [-0.25, -0.2) is 0 Å². The van der Waals surface area contributed by atoms with Gasteiger partial charge in [-0.05, 0) is 37.1 Å². The molecule has 0 spiro atoms. The molecule has 7 heteroatoms. The zero-order valence-corrected chi connectivity index (χ0v) is 15.8. The molecule has 0 radical (unpaired) electrons. The summed E-state index contributed by atoms with van der Waals surface area (Å²) in [5.41, 5.74) is 1.11. The smallest absolute Gasteiger partial charge is 0.110 e. The zero-order chi connectivity index (χ0) is 18.9. The molecule has 1 fully saturated rings. The Morgan fingerprint density at radius 3 is 2.08 bits per heavy atom. The third-order valence-corrected chi connectivity index (χ3v) is 4.98. The van der Waals surface area contributed by atoms with Crippen molar-refractivity contribution in [2.45, 2.75) is 56.7 Å². The van der Waals surface area contributed by atoms with Crippen molar-refractivity contribution in [3.63, 3.8) is 0 Å². The maximum Gasteiger partial charge on any atom is 0.110 e. The van der Waals surface area contributed by atoms with Crippen molar-refractivity contribution in [1.82, 2.24) is 4.90 Å². The summed E-state index contributed by atoms with van der Waals surface area (Å²) < 4.78 is 5.65. The highest BCUT2D eigenvalue weighted by molar-refractivity contribution is 6.30. The third kappa shape index (κ3) is 7.12. The summed E-state index contributed by atoms with van der Waals surface area (Å²) in [5, 5.41) is 39.8. The molecule has 0 bridgehead atoms. The number of halogens is 1. The van der Waals surface area contributed by atoms with E-state index in [0.29, 0.717) is 13.2 Å². The number of rotatable bonds is 9. The van der Waals surface area contributed by atoms with Gasteiger partial charge in [-0.15, -0.1) is 0 Å². The van der Waals surface area contributed by atoms with E-state index in [2.05, 4.69) is 0 Å². The fourth-order valence-corrected chi connectivity index (χ4v) is 3.25. The van der Waals surface area contributed by atoms with Crippen molar-refractivity contribution in [3.8, 4) is 0 Å². The van der Waals surface area contributed by atoms with Crippen LogP contribution in [-0.4, -0.2) is 76.0 Å². The lowest BCUT2D eigenvalue weighted by Crippen LogP contribution is -2.43. The first-order chi connectivity index (χ1) is 12.5. The van der Waals surface area contributed by atoms with E-state index in [9.17, 15) is 20.4 Å². The van der Waals surface area contributed by atoms with Crippen LogP contribution < -0.4 is 0 Å². The zero-order valence-electron chi connectivity index (χ0n) is 15.0. The number of likely N-dealkylation sites (tertiary alicyclic amines) is 1. The summed E-state index contributed by atoms with van der Waals surface area (Å²) in [6.07, 6.45) is -0.686. The first-order valence-corrected chi connectivity index (χ1v) is 9.62. The molecule has 0 aliphatic carbocycles. The molecule has 1 aromatic carbocycles. The molecule has 4 N–H and O–H groups in total. The molecule has 1 aliphatic rings. The maximum absolute atomic E-state index is 9.84. The Balaban J connectivity index is 1.53. The van der Waals surface area contributed by atoms with Gasteiger partial charge in [0.1, 0.15) is 12.2 Å². The van der Waals surface area contributed by atoms with Gasteiger partial charge in [0, 0.05) is 24.7 Å². The molecule has 0 saturated carbocycles. The standard InChI is InChI=1S/C19H30ClNO5/c20-15-7-5-14(6-8-15)13-26-10-4-2-1-3-9-21-11-16(22)18(24)19(25)17(23)12-21/h5-8,16-19,22-25H,1-4,9-13H2/t16-,17-,18+,19+/m0/s1. The molecule has 6 nitrogen and oxygen atoms in total. The number of hydrogen-bond acceptors (Lipinski definition) is 6. The number of nitrogens with zero attached hydrogens (tertiary/aromatic N) is 1. The van der Waals surface area contributed by atoms with Crippen LogP contribution >= 0.6 is 11.6 Å². The molecule has 2 rings (SSSR count). The lowest BCUT2D eigenvalue weighted by atomic mass is 10.1. The topological polar surface area (TPSA) is 93.4 Å². The lowest BCUT2D eigenvalue weighted by molar-refractivity contribution is -0.0894. The molecule has 0 amide bonds. The van der Waals surface area contributed by atoms with Gasteiger partial charge in [0.15, 0.2) is 0 Å². The molecule has 0 unspecified atom stereocenters. The second-order valence-corrected chi connectivity index (χ2v) is 7.41. The number of unbranched alkanes of at least 4 members (excludes halogenated alkanes) is 3. The van der Waals surface area contributed by atoms with E-state index in [0.717, 1.165) is 42.8 Å². The second kappa shape index (κ2) is 11.2. The SMILES string of the molecule is O[C@H]1[C@H](O)[C@@H](O)CN(CCCCCCOCc2ccc(Cl)cc2)C[C@@H]1O. The van der Waals surface area contributed by atoms with Gasteiger partial charge in [-0.2, -0.15) is 0 Å². The minimum absolute atomic E-state index is 0.263. The first-order valence-electron chi connectivity index (χ1n) is 9.24. The average Bonchev–Trinajstić information content (AvgIpc) is 2.71. The van der Waals surface area contributed by atoms with Crippen LogP contribution in [0.2, 0.25) is 5.02 Å². The molecule has 1 saturated heterocycles. The molecule has 1 heterocycles. The van der Waals surface area contributed by atoms with Crippen molar-refractivity contribution >= 4 is 11.6 Å². The second-order valence-electron chi connectivity index (χ2n) is 6.97. The molecule has 1 aliphatic heterocycles. The van der Waals surface area contributed by atoms with Gasteiger partial charge < -0.3 is 25.2 Å². The van der Waals surface area contributed by atoms with E-state index >= 15 is 0 Å². The summed E-state index contributed by atoms with van der Waals surface area (Å²) in [7, 11) is 0. The number of aliphatic hydroxyl groups excluding tert-OH is 4. The number of β-amino-alcohol motifs (C(OH)–C–C–N with tert-alkyl or cyclic N) is 2. The molecule has 1 aromatic rings. The van der Waals surface area contributed by atoms with E-state index in [1.165, 1.54) is 0 Å². The van der Waals surface area contributed by atoms with E-state index < -0.39 is 24.4 Å². The molecular formula is C19H30ClNO5. The Kier molecular flexibility index (Phi) is 9.28. The minimum atomic E-state index is -1.30. The van der Waals surface area contributed by atoms with E-state index in [-0.39, 0.29) is 13.1 Å². The van der Waals surface area contributed by atoms with Crippen molar-refractivity contribution in [2.24, 2.45) is 0 Å². The van der Waals surface area contributed by atoms with Gasteiger partial charge in [0.25, 0.3) is 0 Å². The van der Waals surface area contributed by atoms with Crippen molar-refractivity contribution in [1.29, 1.82) is 0 Å². The Bertz CT molecular complexity index is 499. The number of hydrogen-bond donors (Lipinski definition) is 4. The summed E-state index contributed by atoms with van der Waals surface area (Å²) in [6.45, 7) is 2.55. The predicted molar refractivity (Wildman–Crippen MR) is 100 cm³/mol. The van der Waals surface area contributed by atoms with E-state index in [4.69, 9.17) is 16.3 Å². The van der Waals surface area contributed by atoms with Gasteiger partial charge in [-0.1, -0.05) is 36.6 Å². The average molecular weight is 388 g/mol.